The monoisotopic (exact) mass is 378 g/mol. The van der Waals surface area contributed by atoms with Crippen LogP contribution in [-0.4, -0.2) is 42.0 Å². The van der Waals surface area contributed by atoms with Crippen LogP contribution in [-0.2, 0) is 20.8 Å². The Hall–Kier alpha value is -1.37. The number of hydrogen-bond acceptors (Lipinski definition) is 5. The van der Waals surface area contributed by atoms with Gasteiger partial charge in [0.15, 0.2) is 5.76 Å². The van der Waals surface area contributed by atoms with Crippen LogP contribution in [0.2, 0.25) is 0 Å². The molecule has 4 rings (SSSR count). The van der Waals surface area contributed by atoms with E-state index in [1.165, 1.54) is 0 Å². The minimum absolute atomic E-state index is 0.0380. The molecule has 6 atom stereocenters. The number of fused-ring (bicyclic) bond motifs is 2. The third-order valence-corrected chi connectivity index (χ3v) is 7.80. The minimum atomic E-state index is -0.943. The van der Waals surface area contributed by atoms with E-state index in [9.17, 15) is 9.90 Å². The number of nitrogens with two attached hydrogens (primary N) is 1. The molecule has 150 valence electrons. The highest BCUT2D eigenvalue weighted by Gasteiger charge is 2.67. The molecule has 0 radical (unpaired) electrons. The van der Waals surface area contributed by atoms with Gasteiger partial charge in [-0.2, -0.15) is 0 Å². The van der Waals surface area contributed by atoms with Crippen molar-refractivity contribution in [3.8, 4) is 0 Å². The number of hydrogen-bond donors (Lipinski definition) is 2. The van der Waals surface area contributed by atoms with E-state index in [4.69, 9.17) is 13.9 Å². The van der Waals surface area contributed by atoms with E-state index in [1.54, 1.807) is 13.4 Å². The Morgan fingerprint density at radius 2 is 2.15 bits per heavy atom. The van der Waals surface area contributed by atoms with Crippen LogP contribution in [0.15, 0.2) is 22.8 Å². The van der Waals surface area contributed by atoms with Crippen LogP contribution in [0, 0.1) is 17.3 Å². The molecular formula is C21H32NO5+. The maximum atomic E-state index is 12.6. The van der Waals surface area contributed by atoms with Gasteiger partial charge in [0.1, 0.15) is 18.6 Å². The average Bonchev–Trinajstić information content (AvgIpc) is 3.23. The van der Waals surface area contributed by atoms with Crippen LogP contribution in [0.1, 0.15) is 51.7 Å². The molecule has 2 saturated carbocycles. The molecule has 3 fully saturated rings. The summed E-state index contributed by atoms with van der Waals surface area (Å²) in [5, 5.41) is 14.0. The number of rotatable bonds is 5. The Morgan fingerprint density at radius 3 is 2.85 bits per heavy atom. The first-order chi connectivity index (χ1) is 12.8. The number of carbonyl (C=O) groups is 1. The van der Waals surface area contributed by atoms with Gasteiger partial charge in [0, 0.05) is 18.4 Å². The van der Waals surface area contributed by atoms with E-state index in [0.717, 1.165) is 25.0 Å². The molecule has 0 spiro atoms. The van der Waals surface area contributed by atoms with Crippen molar-refractivity contribution in [2.45, 2.75) is 69.8 Å². The zero-order chi connectivity index (χ0) is 19.3. The van der Waals surface area contributed by atoms with E-state index in [0.29, 0.717) is 25.9 Å². The molecule has 2 aliphatic carbocycles. The summed E-state index contributed by atoms with van der Waals surface area (Å²) in [6.07, 6.45) is 5.65. The van der Waals surface area contributed by atoms with Crippen LogP contribution >= 0.6 is 0 Å². The molecule has 0 bridgehead atoms. The summed E-state index contributed by atoms with van der Waals surface area (Å²) in [6.45, 7) is 5.52. The Kier molecular flexibility index (Phi) is 4.64. The largest absolute Gasteiger partial charge is 0.463 e. The molecule has 6 nitrogen and oxygen atoms in total. The summed E-state index contributed by atoms with van der Waals surface area (Å²) in [4.78, 5) is 12.6. The van der Waals surface area contributed by atoms with E-state index in [2.05, 4.69) is 12.2 Å². The number of quaternary nitrogens is 1. The van der Waals surface area contributed by atoms with Crippen molar-refractivity contribution < 1.29 is 29.1 Å². The van der Waals surface area contributed by atoms with Crippen LogP contribution in [0.5, 0.6) is 0 Å². The molecule has 0 aromatic carbocycles. The van der Waals surface area contributed by atoms with Crippen molar-refractivity contribution in [2.24, 2.45) is 17.3 Å². The van der Waals surface area contributed by atoms with Crippen LogP contribution in [0.4, 0.5) is 0 Å². The van der Waals surface area contributed by atoms with Gasteiger partial charge in [-0.15, -0.1) is 0 Å². The van der Waals surface area contributed by atoms with E-state index in [-0.39, 0.29) is 29.3 Å². The third kappa shape index (κ3) is 2.84. The van der Waals surface area contributed by atoms with Gasteiger partial charge >= 0.3 is 5.97 Å². The fourth-order valence-electron chi connectivity index (χ4n) is 5.99. The Labute approximate surface area is 160 Å². The van der Waals surface area contributed by atoms with Crippen LogP contribution in [0.3, 0.4) is 0 Å². The third-order valence-electron chi connectivity index (χ3n) is 7.80. The number of ether oxygens (including phenoxy) is 2. The maximum absolute atomic E-state index is 12.6. The second kappa shape index (κ2) is 6.61. The van der Waals surface area contributed by atoms with Gasteiger partial charge in [-0.05, 0) is 51.2 Å². The summed E-state index contributed by atoms with van der Waals surface area (Å²) in [5.74, 6) is 0.621. The topological polar surface area (TPSA) is 85.5 Å². The van der Waals surface area contributed by atoms with Gasteiger partial charge in [0.05, 0.1) is 24.0 Å². The van der Waals surface area contributed by atoms with Crippen LogP contribution < -0.4 is 5.32 Å². The van der Waals surface area contributed by atoms with Gasteiger partial charge in [-0.3, -0.25) is 4.79 Å². The molecule has 1 aliphatic heterocycles. The standard InChI is InChI=1S/C21H31NO5/c1-19-7-5-8-20(2,25-3)21(19,24)10-15-16(18(23)27-17(15)11-19)13-22-12-14-6-4-9-26-14/h4,6,9,15-17,22,24H,5,7-8,10-13H2,1-3H3/p+1/t15-,16-,17+,19-,20-,21+/m0/s1. The van der Waals surface area contributed by atoms with Crippen molar-refractivity contribution in [3.05, 3.63) is 24.2 Å². The zero-order valence-corrected chi connectivity index (χ0v) is 16.6. The molecule has 0 unspecified atom stereocenters. The highest BCUT2D eigenvalue weighted by atomic mass is 16.6. The lowest BCUT2D eigenvalue weighted by molar-refractivity contribution is -0.676. The lowest BCUT2D eigenvalue weighted by Crippen LogP contribution is -2.84. The van der Waals surface area contributed by atoms with Gasteiger partial charge in [-0.25, -0.2) is 0 Å². The Bertz CT molecular complexity index is 691. The summed E-state index contributed by atoms with van der Waals surface area (Å²) in [6, 6.07) is 3.81. The molecule has 6 heteroatoms. The molecule has 3 aliphatic rings. The SMILES string of the molecule is CO[C@@]1(C)CCC[C@@]2(C)C[C@H]3OC(=O)[C@@H](C[NH2+]Cc4ccco4)[C@@H]3C[C@@]21O. The molecule has 3 N–H and O–H groups in total. The fourth-order valence-corrected chi connectivity index (χ4v) is 5.99. The van der Waals surface area contributed by atoms with Gasteiger partial charge in [0.2, 0.25) is 0 Å². The van der Waals surface area contributed by atoms with E-state index in [1.807, 2.05) is 19.1 Å². The summed E-state index contributed by atoms with van der Waals surface area (Å²) >= 11 is 0. The molecule has 1 aromatic heterocycles. The molecular weight excluding hydrogens is 346 g/mol. The Morgan fingerprint density at radius 1 is 1.33 bits per heavy atom. The predicted molar refractivity (Wildman–Crippen MR) is 97.6 cm³/mol. The van der Waals surface area contributed by atoms with E-state index < -0.39 is 11.2 Å². The highest BCUT2D eigenvalue weighted by molar-refractivity contribution is 5.75. The van der Waals surface area contributed by atoms with E-state index >= 15 is 0 Å². The molecule has 27 heavy (non-hydrogen) atoms. The maximum Gasteiger partial charge on any atom is 0.315 e. The van der Waals surface area contributed by atoms with Crippen molar-refractivity contribution in [1.29, 1.82) is 0 Å². The number of esters is 1. The smallest absolute Gasteiger partial charge is 0.315 e. The lowest BCUT2D eigenvalue weighted by atomic mass is 9.49. The van der Waals surface area contributed by atoms with Crippen molar-refractivity contribution in [1.82, 2.24) is 0 Å². The number of carbonyl (C=O) groups excluding carboxylic acids is 1. The first-order valence-electron chi connectivity index (χ1n) is 10.1. The average molecular weight is 378 g/mol. The van der Waals surface area contributed by atoms with Crippen molar-refractivity contribution in [2.75, 3.05) is 13.7 Å². The molecule has 0 amide bonds. The molecule has 1 saturated heterocycles. The normalized spacial score (nSPS) is 43.9. The van der Waals surface area contributed by atoms with Gasteiger partial charge in [-0.1, -0.05) is 6.92 Å². The fraction of sp³-hybridized carbons (Fsp3) is 0.762. The first kappa shape index (κ1) is 19.0. The summed E-state index contributed by atoms with van der Waals surface area (Å²) < 4.78 is 17.0. The molecule has 2 heterocycles. The van der Waals surface area contributed by atoms with Gasteiger partial charge in [0.25, 0.3) is 0 Å². The minimum Gasteiger partial charge on any atom is -0.463 e. The quantitative estimate of drug-likeness (QED) is 0.761. The van der Waals surface area contributed by atoms with Gasteiger partial charge < -0.3 is 24.3 Å². The lowest BCUT2D eigenvalue weighted by Gasteiger charge is -2.61. The number of furan rings is 1. The van der Waals surface area contributed by atoms with Crippen LogP contribution in [0.25, 0.3) is 0 Å². The summed E-state index contributed by atoms with van der Waals surface area (Å²) in [7, 11) is 1.70. The second-order valence-electron chi connectivity index (χ2n) is 9.17. The summed E-state index contributed by atoms with van der Waals surface area (Å²) in [5.41, 5.74) is -1.81. The van der Waals surface area contributed by atoms with Crippen molar-refractivity contribution in [3.63, 3.8) is 0 Å². The highest BCUT2D eigenvalue weighted by Crippen LogP contribution is 2.61. The Balaban J connectivity index is 1.52. The predicted octanol–water partition coefficient (Wildman–Crippen LogP) is 1.62. The van der Waals surface area contributed by atoms with Crippen molar-refractivity contribution >= 4 is 5.97 Å². The molecule has 1 aromatic rings. The number of aliphatic hydroxyl groups is 1. The number of methoxy groups -OCH3 is 1. The first-order valence-corrected chi connectivity index (χ1v) is 10.1. The second-order valence-corrected chi connectivity index (χ2v) is 9.17. The zero-order valence-electron chi connectivity index (χ0n) is 16.6.